The molecule has 0 unspecified atom stereocenters. The third-order valence-electron chi connectivity index (χ3n) is 5.44. The van der Waals surface area contributed by atoms with E-state index in [9.17, 15) is 13.2 Å². The number of piperazine rings is 1. The van der Waals surface area contributed by atoms with Crippen LogP contribution in [0.1, 0.15) is 5.56 Å². The van der Waals surface area contributed by atoms with Crippen LogP contribution in [-0.2, 0) is 6.18 Å². The van der Waals surface area contributed by atoms with E-state index in [4.69, 9.17) is 4.98 Å². The summed E-state index contributed by atoms with van der Waals surface area (Å²) in [7, 11) is 0. The van der Waals surface area contributed by atoms with E-state index >= 15 is 0 Å². The van der Waals surface area contributed by atoms with Gasteiger partial charge in [0.05, 0.1) is 22.8 Å². The van der Waals surface area contributed by atoms with Crippen molar-refractivity contribution in [1.29, 1.82) is 0 Å². The number of fused-ring (bicyclic) bond motifs is 1. The summed E-state index contributed by atoms with van der Waals surface area (Å²) in [5.74, 6) is 0.790. The molecule has 0 aliphatic carbocycles. The Labute approximate surface area is 181 Å². The van der Waals surface area contributed by atoms with Crippen molar-refractivity contribution in [3.05, 3.63) is 72.6 Å². The molecule has 158 valence electrons. The zero-order chi connectivity index (χ0) is 21.4. The minimum atomic E-state index is -4.33. The van der Waals surface area contributed by atoms with Gasteiger partial charge in [0.2, 0.25) is 0 Å². The first-order chi connectivity index (χ1) is 15.0. The lowest BCUT2D eigenvalue weighted by molar-refractivity contribution is -0.137. The van der Waals surface area contributed by atoms with Crippen molar-refractivity contribution in [2.75, 3.05) is 36.0 Å². The van der Waals surface area contributed by atoms with E-state index in [1.54, 1.807) is 29.8 Å². The Morgan fingerprint density at radius 2 is 1.61 bits per heavy atom. The zero-order valence-corrected chi connectivity index (χ0v) is 17.3. The van der Waals surface area contributed by atoms with Crippen LogP contribution in [0.3, 0.4) is 0 Å². The summed E-state index contributed by atoms with van der Waals surface area (Å²) in [5.41, 5.74) is 0.813. The Kier molecular flexibility index (Phi) is 5.02. The molecule has 2 aromatic carbocycles. The quantitative estimate of drug-likeness (QED) is 0.409. The summed E-state index contributed by atoms with van der Waals surface area (Å²) in [6, 6.07) is 15.9. The highest BCUT2D eigenvalue weighted by atomic mass is 32.1. The highest BCUT2D eigenvalue weighted by Crippen LogP contribution is 2.34. The van der Waals surface area contributed by atoms with Crippen LogP contribution >= 0.6 is 11.3 Å². The number of nitrogens with zero attached hydrogens (tertiary/aromatic N) is 4. The van der Waals surface area contributed by atoms with Gasteiger partial charge in [-0.2, -0.15) is 13.2 Å². The van der Waals surface area contributed by atoms with Crippen LogP contribution in [0.2, 0.25) is 0 Å². The Morgan fingerprint density at radius 1 is 0.839 bits per heavy atom. The zero-order valence-electron chi connectivity index (χ0n) is 16.5. The average molecular weight is 440 g/mol. The van der Waals surface area contributed by atoms with Gasteiger partial charge in [0, 0.05) is 36.6 Å². The summed E-state index contributed by atoms with van der Waals surface area (Å²) < 4.78 is 40.3. The van der Waals surface area contributed by atoms with Gasteiger partial charge >= 0.3 is 6.18 Å². The van der Waals surface area contributed by atoms with Crippen LogP contribution in [0.15, 0.2) is 67.0 Å². The van der Waals surface area contributed by atoms with Gasteiger partial charge in [0.25, 0.3) is 0 Å². The number of rotatable bonds is 3. The molecule has 0 amide bonds. The number of hydrogen-bond donors (Lipinski definition) is 0. The number of anilines is 2. The van der Waals surface area contributed by atoms with E-state index < -0.39 is 11.7 Å². The second kappa shape index (κ2) is 7.85. The van der Waals surface area contributed by atoms with Gasteiger partial charge in [-0.3, -0.25) is 4.98 Å². The van der Waals surface area contributed by atoms with Crippen molar-refractivity contribution < 1.29 is 13.2 Å². The molecule has 3 heterocycles. The highest BCUT2D eigenvalue weighted by Gasteiger charge is 2.31. The van der Waals surface area contributed by atoms with Crippen LogP contribution in [0.4, 0.5) is 24.7 Å². The Morgan fingerprint density at radius 3 is 2.39 bits per heavy atom. The second-order valence-corrected chi connectivity index (χ2v) is 8.52. The van der Waals surface area contributed by atoms with Crippen molar-refractivity contribution in [1.82, 2.24) is 9.97 Å². The molecule has 8 heteroatoms. The van der Waals surface area contributed by atoms with Crippen molar-refractivity contribution in [2.24, 2.45) is 0 Å². The highest BCUT2D eigenvalue weighted by molar-refractivity contribution is 7.22. The number of benzene rings is 2. The molecule has 1 aliphatic rings. The summed E-state index contributed by atoms with van der Waals surface area (Å²) in [6.07, 6.45) is -0.815. The molecule has 0 N–H and O–H groups in total. The SMILES string of the molecule is FC(F)(F)c1cccc(N2CCN(c3cncc(-c4cc5ccccc5s4)n3)CC2)c1. The van der Waals surface area contributed by atoms with Gasteiger partial charge in [-0.15, -0.1) is 11.3 Å². The maximum Gasteiger partial charge on any atom is 0.416 e. The third kappa shape index (κ3) is 4.07. The fraction of sp³-hybridized carbons (Fsp3) is 0.217. The largest absolute Gasteiger partial charge is 0.416 e. The first-order valence-electron chi connectivity index (χ1n) is 9.95. The normalized spacial score (nSPS) is 14.9. The molecule has 31 heavy (non-hydrogen) atoms. The molecule has 0 spiro atoms. The number of aromatic nitrogens is 2. The molecular weight excluding hydrogens is 421 g/mol. The smallest absolute Gasteiger partial charge is 0.368 e. The molecule has 0 saturated carbocycles. The number of alkyl halides is 3. The van der Waals surface area contributed by atoms with Crippen molar-refractivity contribution >= 4 is 32.9 Å². The molecule has 1 saturated heterocycles. The van der Waals surface area contributed by atoms with Crippen LogP contribution in [-0.4, -0.2) is 36.1 Å². The van der Waals surface area contributed by atoms with Gasteiger partial charge in [0.1, 0.15) is 11.5 Å². The second-order valence-electron chi connectivity index (χ2n) is 7.43. The first kappa shape index (κ1) is 19.8. The topological polar surface area (TPSA) is 32.3 Å². The van der Waals surface area contributed by atoms with Crippen molar-refractivity contribution in [3.63, 3.8) is 0 Å². The lowest BCUT2D eigenvalue weighted by Crippen LogP contribution is -2.47. The Bertz CT molecular complexity index is 1180. The fourth-order valence-corrected chi connectivity index (χ4v) is 4.82. The van der Waals surface area contributed by atoms with Crippen molar-refractivity contribution in [3.8, 4) is 10.6 Å². The van der Waals surface area contributed by atoms with Crippen LogP contribution in [0.5, 0.6) is 0 Å². The van der Waals surface area contributed by atoms with Gasteiger partial charge in [-0.1, -0.05) is 24.3 Å². The van der Waals surface area contributed by atoms with Gasteiger partial charge in [0.15, 0.2) is 0 Å². The predicted octanol–water partition coefficient (Wildman–Crippen LogP) is 5.70. The minimum Gasteiger partial charge on any atom is -0.368 e. The number of hydrogen-bond acceptors (Lipinski definition) is 5. The lowest BCUT2D eigenvalue weighted by atomic mass is 10.1. The summed E-state index contributed by atoms with van der Waals surface area (Å²) in [5, 5.41) is 1.18. The Hall–Kier alpha value is -3.13. The summed E-state index contributed by atoms with van der Waals surface area (Å²) in [6.45, 7) is 2.58. The number of halogens is 3. The maximum absolute atomic E-state index is 13.0. The molecule has 2 aromatic heterocycles. The molecular formula is C23H19F3N4S. The molecule has 0 bridgehead atoms. The predicted molar refractivity (Wildman–Crippen MR) is 119 cm³/mol. The standard InChI is InChI=1S/C23H19F3N4S/c24-23(25,26)17-5-3-6-18(13-17)29-8-10-30(11-9-29)22-15-27-14-19(28-22)21-12-16-4-1-2-7-20(16)31-21/h1-7,12-15H,8-11H2. The lowest BCUT2D eigenvalue weighted by Gasteiger charge is -2.36. The maximum atomic E-state index is 13.0. The Balaban J connectivity index is 1.32. The van der Waals surface area contributed by atoms with Crippen LogP contribution in [0.25, 0.3) is 20.7 Å². The van der Waals surface area contributed by atoms with Gasteiger partial charge < -0.3 is 9.80 Å². The average Bonchev–Trinajstić information content (AvgIpc) is 3.23. The summed E-state index contributed by atoms with van der Waals surface area (Å²) >= 11 is 1.69. The third-order valence-corrected chi connectivity index (χ3v) is 6.58. The van der Waals surface area contributed by atoms with Gasteiger partial charge in [-0.25, -0.2) is 4.98 Å². The molecule has 0 atom stereocenters. The van der Waals surface area contributed by atoms with E-state index in [1.807, 2.05) is 17.0 Å². The summed E-state index contributed by atoms with van der Waals surface area (Å²) in [4.78, 5) is 14.4. The van der Waals surface area contributed by atoms with Crippen molar-refractivity contribution in [2.45, 2.75) is 6.18 Å². The molecule has 4 aromatic rings. The van der Waals surface area contributed by atoms with E-state index in [0.29, 0.717) is 31.9 Å². The van der Waals surface area contributed by atoms with E-state index in [1.165, 1.54) is 22.2 Å². The van der Waals surface area contributed by atoms with Crippen LogP contribution in [0, 0.1) is 0 Å². The first-order valence-corrected chi connectivity index (χ1v) is 10.8. The number of thiophene rings is 1. The van der Waals surface area contributed by atoms with Gasteiger partial charge in [-0.05, 0) is 35.7 Å². The monoisotopic (exact) mass is 440 g/mol. The molecule has 4 nitrogen and oxygen atoms in total. The molecule has 1 aliphatic heterocycles. The fourth-order valence-electron chi connectivity index (χ4n) is 3.81. The van der Waals surface area contributed by atoms with E-state index in [-0.39, 0.29) is 0 Å². The molecule has 1 fully saturated rings. The van der Waals surface area contributed by atoms with E-state index in [0.717, 1.165) is 22.5 Å². The minimum absolute atomic E-state index is 0.597. The van der Waals surface area contributed by atoms with Crippen LogP contribution < -0.4 is 9.80 Å². The molecule has 5 rings (SSSR count). The molecule has 0 radical (unpaired) electrons. The van der Waals surface area contributed by atoms with E-state index in [2.05, 4.69) is 28.1 Å².